The minimum absolute atomic E-state index is 0.265. The quantitative estimate of drug-likeness (QED) is 0.899. The Morgan fingerprint density at radius 1 is 1.17 bits per heavy atom. The summed E-state index contributed by atoms with van der Waals surface area (Å²) >= 11 is 14.7. The van der Waals surface area contributed by atoms with Crippen LogP contribution >= 0.6 is 39.1 Å². The Bertz CT molecular complexity index is 589. The highest BCUT2D eigenvalue weighted by Gasteiger charge is 2.11. The van der Waals surface area contributed by atoms with Crippen LogP contribution in [0.1, 0.15) is 10.4 Å². The van der Waals surface area contributed by atoms with Gasteiger partial charge >= 0.3 is 0 Å². The van der Waals surface area contributed by atoms with Crippen LogP contribution < -0.4 is 5.32 Å². The van der Waals surface area contributed by atoms with Crippen LogP contribution in [0.5, 0.6) is 0 Å². The van der Waals surface area contributed by atoms with E-state index in [0.717, 1.165) is 0 Å². The topological polar surface area (TPSA) is 54.9 Å². The fourth-order valence-corrected chi connectivity index (χ4v) is 2.20. The molecule has 0 radical (unpaired) electrons. The Labute approximate surface area is 121 Å². The van der Waals surface area contributed by atoms with Crippen LogP contribution in [0, 0.1) is 0 Å². The second-order valence-corrected chi connectivity index (χ2v) is 5.00. The lowest BCUT2D eigenvalue weighted by Crippen LogP contribution is -2.13. The second kappa shape index (κ2) is 5.65. The number of hydrogen-bond acceptors (Lipinski definition) is 3. The molecule has 0 unspecified atom stereocenters. The van der Waals surface area contributed by atoms with Crippen molar-refractivity contribution in [1.82, 2.24) is 10.2 Å². The summed E-state index contributed by atoms with van der Waals surface area (Å²) in [4.78, 5) is 11.9. The Morgan fingerprint density at radius 3 is 2.56 bits per heavy atom. The summed E-state index contributed by atoms with van der Waals surface area (Å²) in [6.07, 6.45) is 0. The number of nitrogens with zero attached hydrogens (tertiary/aromatic N) is 2. The van der Waals surface area contributed by atoms with Crippen LogP contribution in [0.4, 0.5) is 5.82 Å². The molecule has 0 aliphatic rings. The third-order valence-electron chi connectivity index (χ3n) is 2.05. The number of carbonyl (C=O) groups excluding carboxylic acids is 1. The summed E-state index contributed by atoms with van der Waals surface area (Å²) in [5, 5.41) is 10.8. The van der Waals surface area contributed by atoms with Gasteiger partial charge < -0.3 is 5.32 Å². The van der Waals surface area contributed by atoms with Crippen molar-refractivity contribution in [3.05, 3.63) is 50.5 Å². The fourth-order valence-electron chi connectivity index (χ4n) is 1.24. The van der Waals surface area contributed by atoms with Gasteiger partial charge in [-0.1, -0.05) is 23.2 Å². The van der Waals surface area contributed by atoms with Gasteiger partial charge in [-0.25, -0.2) is 0 Å². The molecule has 0 saturated heterocycles. The maximum Gasteiger partial charge on any atom is 0.258 e. The first-order valence-corrected chi connectivity index (χ1v) is 6.37. The van der Waals surface area contributed by atoms with Gasteiger partial charge in [-0.3, -0.25) is 4.79 Å². The van der Waals surface area contributed by atoms with Gasteiger partial charge in [0.15, 0.2) is 11.0 Å². The molecule has 0 saturated carbocycles. The highest BCUT2D eigenvalue weighted by Crippen LogP contribution is 2.22. The monoisotopic (exact) mass is 345 g/mol. The zero-order valence-corrected chi connectivity index (χ0v) is 11.9. The summed E-state index contributed by atoms with van der Waals surface area (Å²) in [6, 6.07) is 8.00. The Hall–Kier alpha value is -1.17. The van der Waals surface area contributed by atoms with Gasteiger partial charge in [-0.15, -0.1) is 10.2 Å². The lowest BCUT2D eigenvalue weighted by Gasteiger charge is -2.05. The molecule has 4 nitrogen and oxygen atoms in total. The van der Waals surface area contributed by atoms with E-state index in [1.807, 2.05) is 0 Å². The predicted octanol–water partition coefficient (Wildman–Crippen LogP) is 3.80. The third kappa shape index (κ3) is 3.19. The molecule has 2 aromatic rings. The average molecular weight is 347 g/mol. The Balaban J connectivity index is 2.19. The molecule has 1 amide bonds. The van der Waals surface area contributed by atoms with Crippen LogP contribution in [-0.2, 0) is 0 Å². The number of halogens is 3. The summed E-state index contributed by atoms with van der Waals surface area (Å²) in [7, 11) is 0. The second-order valence-electron chi connectivity index (χ2n) is 3.32. The van der Waals surface area contributed by atoms with Crippen LogP contribution in [-0.4, -0.2) is 16.1 Å². The zero-order chi connectivity index (χ0) is 13.1. The van der Waals surface area contributed by atoms with Gasteiger partial charge in [-0.2, -0.15) is 0 Å². The van der Waals surface area contributed by atoms with Gasteiger partial charge in [0.25, 0.3) is 5.91 Å². The number of benzene rings is 1. The molecular formula is C11H6BrCl2N3O. The van der Waals surface area contributed by atoms with Crippen LogP contribution in [0.2, 0.25) is 10.2 Å². The van der Waals surface area contributed by atoms with Crippen molar-refractivity contribution in [2.75, 3.05) is 5.32 Å². The number of nitrogens with one attached hydrogen (secondary N) is 1. The highest BCUT2D eigenvalue weighted by atomic mass is 79.9. The van der Waals surface area contributed by atoms with E-state index < -0.39 is 0 Å². The minimum atomic E-state index is -0.310. The Morgan fingerprint density at radius 2 is 1.94 bits per heavy atom. The molecule has 0 aliphatic carbocycles. The van der Waals surface area contributed by atoms with E-state index in [1.165, 1.54) is 0 Å². The first-order valence-electron chi connectivity index (χ1n) is 4.82. The van der Waals surface area contributed by atoms with Crippen molar-refractivity contribution in [2.45, 2.75) is 0 Å². The van der Waals surface area contributed by atoms with Crippen molar-refractivity contribution in [1.29, 1.82) is 0 Å². The number of carbonyl (C=O) groups is 1. The van der Waals surface area contributed by atoms with E-state index in [9.17, 15) is 4.79 Å². The summed E-state index contributed by atoms with van der Waals surface area (Å²) in [5.74, 6) is 0.0152. The first kappa shape index (κ1) is 13.3. The highest BCUT2D eigenvalue weighted by molar-refractivity contribution is 9.10. The molecule has 0 spiro atoms. The van der Waals surface area contributed by atoms with E-state index in [-0.39, 0.29) is 11.1 Å². The largest absolute Gasteiger partial charge is 0.305 e. The minimum Gasteiger partial charge on any atom is -0.305 e. The third-order valence-corrected chi connectivity index (χ3v) is 3.14. The van der Waals surface area contributed by atoms with Crippen molar-refractivity contribution >= 4 is 50.9 Å². The van der Waals surface area contributed by atoms with E-state index in [4.69, 9.17) is 23.2 Å². The molecule has 2 rings (SSSR count). The standard InChI is InChI=1S/C11H6BrCl2N3O/c12-8-5-6(13)1-2-7(8)11(18)15-10-4-3-9(14)16-17-10/h1-5H,(H,15,17,18). The molecule has 0 aliphatic heterocycles. The van der Waals surface area contributed by atoms with E-state index in [2.05, 4.69) is 31.4 Å². The van der Waals surface area contributed by atoms with Gasteiger partial charge in [0.05, 0.1) is 5.56 Å². The molecule has 1 aromatic carbocycles. The average Bonchev–Trinajstić information content (AvgIpc) is 2.32. The molecule has 0 fully saturated rings. The molecule has 1 aromatic heterocycles. The van der Waals surface area contributed by atoms with Gasteiger partial charge in [0.1, 0.15) is 0 Å². The van der Waals surface area contributed by atoms with E-state index in [1.54, 1.807) is 30.3 Å². The predicted molar refractivity (Wildman–Crippen MR) is 74.1 cm³/mol. The molecule has 1 N–H and O–H groups in total. The molecule has 18 heavy (non-hydrogen) atoms. The molecular weight excluding hydrogens is 341 g/mol. The number of hydrogen-bond donors (Lipinski definition) is 1. The van der Waals surface area contributed by atoms with Crippen LogP contribution in [0.3, 0.4) is 0 Å². The smallest absolute Gasteiger partial charge is 0.258 e. The molecule has 1 heterocycles. The summed E-state index contributed by atoms with van der Waals surface area (Å²) in [5.41, 5.74) is 0.455. The van der Waals surface area contributed by atoms with Crippen molar-refractivity contribution in [2.24, 2.45) is 0 Å². The fraction of sp³-hybridized carbons (Fsp3) is 0. The first-order chi connectivity index (χ1) is 8.56. The maximum absolute atomic E-state index is 11.9. The van der Waals surface area contributed by atoms with Gasteiger partial charge in [0.2, 0.25) is 0 Å². The summed E-state index contributed by atoms with van der Waals surface area (Å²) < 4.78 is 0.606. The van der Waals surface area contributed by atoms with Gasteiger partial charge in [0, 0.05) is 9.50 Å². The van der Waals surface area contributed by atoms with Crippen molar-refractivity contribution in [3.63, 3.8) is 0 Å². The number of aromatic nitrogens is 2. The number of amides is 1. The van der Waals surface area contributed by atoms with Crippen molar-refractivity contribution in [3.8, 4) is 0 Å². The molecule has 0 atom stereocenters. The van der Waals surface area contributed by atoms with E-state index >= 15 is 0 Å². The van der Waals surface area contributed by atoms with Crippen molar-refractivity contribution < 1.29 is 4.79 Å². The number of anilines is 1. The zero-order valence-electron chi connectivity index (χ0n) is 8.82. The molecule has 92 valence electrons. The van der Waals surface area contributed by atoms with Gasteiger partial charge in [-0.05, 0) is 46.3 Å². The lowest BCUT2D eigenvalue weighted by molar-refractivity contribution is 0.102. The van der Waals surface area contributed by atoms with Crippen LogP contribution in [0.25, 0.3) is 0 Å². The number of rotatable bonds is 2. The molecule has 0 bridgehead atoms. The van der Waals surface area contributed by atoms with Crippen LogP contribution in [0.15, 0.2) is 34.8 Å². The lowest BCUT2D eigenvalue weighted by atomic mass is 10.2. The Kier molecular flexibility index (Phi) is 4.16. The summed E-state index contributed by atoms with van der Waals surface area (Å²) in [6.45, 7) is 0. The molecule has 7 heteroatoms. The SMILES string of the molecule is O=C(Nc1ccc(Cl)nn1)c1ccc(Cl)cc1Br. The van der Waals surface area contributed by atoms with E-state index in [0.29, 0.717) is 20.9 Å². The maximum atomic E-state index is 11.9. The normalized spacial score (nSPS) is 10.2.